The molecule has 1 heterocycles. The fraction of sp³-hybridized carbons (Fsp3) is 0.364. The maximum absolute atomic E-state index is 12.6. The molecule has 3 nitrogen and oxygen atoms in total. The van der Waals surface area contributed by atoms with Crippen LogP contribution in [0.2, 0.25) is 0 Å². The van der Waals surface area contributed by atoms with Crippen molar-refractivity contribution in [1.82, 2.24) is 4.57 Å². The van der Waals surface area contributed by atoms with E-state index in [1.165, 1.54) is 37.8 Å². The van der Waals surface area contributed by atoms with Crippen molar-refractivity contribution in [2.24, 2.45) is 0 Å². The zero-order valence-electron chi connectivity index (χ0n) is 14.8. The van der Waals surface area contributed by atoms with Crippen molar-refractivity contribution < 1.29 is 9.59 Å². The molecule has 2 aromatic rings. The summed E-state index contributed by atoms with van der Waals surface area (Å²) in [4.78, 5) is 25.2. The Labute approximate surface area is 148 Å². The smallest absolute Gasteiger partial charge is 0.197 e. The van der Waals surface area contributed by atoms with Crippen LogP contribution in [0.5, 0.6) is 0 Å². The fourth-order valence-electron chi connectivity index (χ4n) is 4.41. The van der Waals surface area contributed by atoms with Crippen molar-refractivity contribution in [2.75, 3.05) is 0 Å². The predicted molar refractivity (Wildman–Crippen MR) is 99.1 cm³/mol. The number of aromatic nitrogens is 1. The number of ketones is 2. The van der Waals surface area contributed by atoms with E-state index in [-0.39, 0.29) is 11.6 Å². The van der Waals surface area contributed by atoms with Gasteiger partial charge < -0.3 is 4.57 Å². The number of fused-ring (bicyclic) bond motifs is 1. The van der Waals surface area contributed by atoms with Gasteiger partial charge in [-0.2, -0.15) is 0 Å². The first kappa shape index (κ1) is 16.1. The highest BCUT2D eigenvalue weighted by Crippen LogP contribution is 2.34. The molecule has 0 atom stereocenters. The molecule has 1 saturated carbocycles. The van der Waals surface area contributed by atoms with E-state index in [1.807, 2.05) is 12.1 Å². The molecule has 0 spiro atoms. The van der Waals surface area contributed by atoms with Gasteiger partial charge in [0.1, 0.15) is 0 Å². The molecule has 0 radical (unpaired) electrons. The van der Waals surface area contributed by atoms with E-state index in [0.29, 0.717) is 22.7 Å². The van der Waals surface area contributed by atoms with Crippen LogP contribution in [-0.2, 0) is 0 Å². The second-order valence-electron chi connectivity index (χ2n) is 7.25. The number of carbonyl (C=O) groups excluding carboxylic acids is 2. The number of hydrogen-bond acceptors (Lipinski definition) is 2. The van der Waals surface area contributed by atoms with Crippen LogP contribution in [0, 0.1) is 13.8 Å². The maximum atomic E-state index is 12.6. The summed E-state index contributed by atoms with van der Waals surface area (Å²) in [6.45, 7) is 4.22. The van der Waals surface area contributed by atoms with Crippen LogP contribution >= 0.6 is 0 Å². The molecule has 0 unspecified atom stereocenters. The lowest BCUT2D eigenvalue weighted by molar-refractivity contribution is 0.0990. The summed E-state index contributed by atoms with van der Waals surface area (Å²) in [7, 11) is 0. The van der Waals surface area contributed by atoms with E-state index >= 15 is 0 Å². The summed E-state index contributed by atoms with van der Waals surface area (Å²) in [5.74, 6) is -0.300. The lowest BCUT2D eigenvalue weighted by Gasteiger charge is -2.26. The maximum Gasteiger partial charge on any atom is 0.197 e. The zero-order valence-corrected chi connectivity index (χ0v) is 14.8. The lowest BCUT2D eigenvalue weighted by Crippen LogP contribution is -2.15. The van der Waals surface area contributed by atoms with Crippen LogP contribution in [0.15, 0.2) is 35.9 Å². The standard InChI is InChI=1S/C22H23NO2/c1-14-12-16(15(2)23(14)17-8-4-3-5-9-17)13-20-21(24)18-10-6-7-11-19(18)22(20)25/h6-7,10-13,17H,3-5,8-9H2,1-2H3. The topological polar surface area (TPSA) is 39.1 Å². The van der Waals surface area contributed by atoms with Crippen LogP contribution in [0.3, 0.4) is 0 Å². The molecule has 2 aliphatic carbocycles. The second-order valence-corrected chi connectivity index (χ2v) is 7.25. The first-order valence-corrected chi connectivity index (χ1v) is 9.16. The summed E-state index contributed by atoms with van der Waals surface area (Å²) in [6.07, 6.45) is 8.13. The van der Waals surface area contributed by atoms with E-state index < -0.39 is 0 Å². The van der Waals surface area contributed by atoms with Gasteiger partial charge in [-0.05, 0) is 44.4 Å². The molecule has 4 rings (SSSR count). The van der Waals surface area contributed by atoms with Gasteiger partial charge in [-0.3, -0.25) is 9.59 Å². The lowest BCUT2D eigenvalue weighted by atomic mass is 9.95. The van der Waals surface area contributed by atoms with E-state index in [9.17, 15) is 9.59 Å². The summed E-state index contributed by atoms with van der Waals surface area (Å²) in [6, 6.07) is 9.75. The first-order valence-electron chi connectivity index (χ1n) is 9.16. The minimum Gasteiger partial charge on any atom is -0.346 e. The Morgan fingerprint density at radius 1 is 0.960 bits per heavy atom. The van der Waals surface area contributed by atoms with Gasteiger partial charge in [-0.1, -0.05) is 43.5 Å². The van der Waals surface area contributed by atoms with E-state index in [4.69, 9.17) is 0 Å². The third kappa shape index (κ3) is 2.58. The van der Waals surface area contributed by atoms with Gasteiger partial charge in [-0.15, -0.1) is 0 Å². The molecule has 0 N–H and O–H groups in total. The molecular weight excluding hydrogens is 310 g/mol. The van der Waals surface area contributed by atoms with Crippen molar-refractivity contribution in [1.29, 1.82) is 0 Å². The number of Topliss-reactive ketones (excluding diaryl/α,β-unsaturated/α-hetero) is 2. The molecule has 1 fully saturated rings. The fourth-order valence-corrected chi connectivity index (χ4v) is 4.41. The van der Waals surface area contributed by atoms with Crippen molar-refractivity contribution >= 4 is 17.6 Å². The monoisotopic (exact) mass is 333 g/mol. The van der Waals surface area contributed by atoms with Gasteiger partial charge >= 0.3 is 0 Å². The summed E-state index contributed by atoms with van der Waals surface area (Å²) in [5, 5.41) is 0. The van der Waals surface area contributed by atoms with Gasteiger partial charge in [-0.25, -0.2) is 0 Å². The first-order chi connectivity index (χ1) is 12.1. The molecule has 0 bridgehead atoms. The Hall–Kier alpha value is -2.42. The Morgan fingerprint density at radius 3 is 2.16 bits per heavy atom. The number of nitrogens with zero attached hydrogens (tertiary/aromatic N) is 1. The van der Waals surface area contributed by atoms with Crippen LogP contribution < -0.4 is 0 Å². The molecule has 0 saturated heterocycles. The van der Waals surface area contributed by atoms with Gasteiger partial charge in [0.15, 0.2) is 11.6 Å². The molecule has 128 valence electrons. The van der Waals surface area contributed by atoms with Gasteiger partial charge in [0, 0.05) is 28.6 Å². The minimum atomic E-state index is -0.150. The Bertz CT molecular complexity index is 858. The van der Waals surface area contributed by atoms with Crippen LogP contribution in [0.4, 0.5) is 0 Å². The molecule has 3 heteroatoms. The number of benzene rings is 1. The van der Waals surface area contributed by atoms with E-state index in [0.717, 1.165) is 11.3 Å². The zero-order chi connectivity index (χ0) is 17.6. The Balaban J connectivity index is 1.73. The molecule has 1 aromatic carbocycles. The van der Waals surface area contributed by atoms with E-state index in [2.05, 4.69) is 24.5 Å². The molecule has 2 aliphatic rings. The Kier molecular flexibility index (Phi) is 3.95. The number of rotatable bonds is 2. The summed E-state index contributed by atoms with van der Waals surface area (Å²) >= 11 is 0. The van der Waals surface area contributed by atoms with Crippen LogP contribution in [0.25, 0.3) is 6.08 Å². The number of aryl methyl sites for hydroxylation is 1. The molecule has 0 aliphatic heterocycles. The quantitative estimate of drug-likeness (QED) is 0.568. The molecule has 1 aromatic heterocycles. The van der Waals surface area contributed by atoms with E-state index in [1.54, 1.807) is 18.2 Å². The molecule has 0 amide bonds. The average molecular weight is 333 g/mol. The number of allylic oxidation sites excluding steroid dienone is 1. The highest BCUT2D eigenvalue weighted by molar-refractivity contribution is 6.41. The van der Waals surface area contributed by atoms with Gasteiger partial charge in [0.2, 0.25) is 0 Å². The van der Waals surface area contributed by atoms with Crippen molar-refractivity contribution in [2.45, 2.75) is 52.0 Å². The highest BCUT2D eigenvalue weighted by Gasteiger charge is 2.33. The SMILES string of the molecule is Cc1cc(C=C2C(=O)c3ccccc3C2=O)c(C)n1C1CCCCC1. The van der Waals surface area contributed by atoms with Gasteiger partial charge in [0.05, 0.1) is 5.57 Å². The summed E-state index contributed by atoms with van der Waals surface area (Å²) in [5.41, 5.74) is 4.72. The average Bonchev–Trinajstić information content (AvgIpc) is 3.04. The molecule has 25 heavy (non-hydrogen) atoms. The van der Waals surface area contributed by atoms with Crippen LogP contribution in [0.1, 0.15) is 75.8 Å². The third-order valence-corrected chi connectivity index (χ3v) is 5.67. The second kappa shape index (κ2) is 6.14. The third-order valence-electron chi connectivity index (χ3n) is 5.67. The summed E-state index contributed by atoms with van der Waals surface area (Å²) < 4.78 is 2.41. The normalized spacial score (nSPS) is 17.9. The Morgan fingerprint density at radius 2 is 1.56 bits per heavy atom. The van der Waals surface area contributed by atoms with Crippen molar-refractivity contribution in [3.63, 3.8) is 0 Å². The van der Waals surface area contributed by atoms with Crippen molar-refractivity contribution in [3.05, 3.63) is 64.0 Å². The van der Waals surface area contributed by atoms with Crippen molar-refractivity contribution in [3.8, 4) is 0 Å². The molecular formula is C22H23NO2. The highest BCUT2D eigenvalue weighted by atomic mass is 16.2. The predicted octanol–water partition coefficient (Wildman–Crippen LogP) is 5.07. The largest absolute Gasteiger partial charge is 0.346 e. The van der Waals surface area contributed by atoms with Crippen LogP contribution in [-0.4, -0.2) is 16.1 Å². The minimum absolute atomic E-state index is 0.150. The number of carbonyl (C=O) groups is 2. The number of hydrogen-bond donors (Lipinski definition) is 0. The van der Waals surface area contributed by atoms with Gasteiger partial charge in [0.25, 0.3) is 0 Å².